The van der Waals surface area contributed by atoms with Gasteiger partial charge in [0.2, 0.25) is 0 Å². The van der Waals surface area contributed by atoms with E-state index in [1.807, 2.05) is 30.3 Å². The van der Waals surface area contributed by atoms with Crippen LogP contribution in [0.5, 0.6) is 5.75 Å². The first-order valence-corrected chi connectivity index (χ1v) is 10.9. The van der Waals surface area contributed by atoms with Crippen LogP contribution < -0.4 is 4.74 Å². The Bertz CT molecular complexity index is 910. The van der Waals surface area contributed by atoms with Crippen molar-refractivity contribution >= 4 is 6.09 Å². The van der Waals surface area contributed by atoms with Crippen LogP contribution in [0.15, 0.2) is 54.6 Å². The molecule has 2 aromatic carbocycles. The van der Waals surface area contributed by atoms with Gasteiger partial charge in [0.05, 0.1) is 12.1 Å². The Hall–Kier alpha value is -2.77. The van der Waals surface area contributed by atoms with Gasteiger partial charge in [-0.05, 0) is 63.4 Å². The molecule has 3 rings (SSSR count). The molecule has 1 saturated heterocycles. The molecule has 8 heteroatoms. The normalized spacial score (nSPS) is 20.3. The summed E-state index contributed by atoms with van der Waals surface area (Å²) in [6.45, 7) is 5.17. The van der Waals surface area contributed by atoms with E-state index in [4.69, 9.17) is 9.47 Å². The van der Waals surface area contributed by atoms with E-state index in [9.17, 15) is 22.4 Å². The van der Waals surface area contributed by atoms with E-state index in [-0.39, 0.29) is 18.3 Å². The topological polar surface area (TPSA) is 38.8 Å². The Labute approximate surface area is 191 Å². The van der Waals surface area contributed by atoms with E-state index in [0.717, 1.165) is 17.7 Å². The Morgan fingerprint density at radius 2 is 1.67 bits per heavy atom. The molecular weight excluding hydrogens is 438 g/mol. The molecule has 1 aliphatic heterocycles. The quantitative estimate of drug-likeness (QED) is 0.447. The van der Waals surface area contributed by atoms with E-state index >= 15 is 0 Å². The largest absolute Gasteiger partial charge is 0.486 e. The van der Waals surface area contributed by atoms with Gasteiger partial charge in [0.15, 0.2) is 0 Å². The summed E-state index contributed by atoms with van der Waals surface area (Å²) in [5.74, 6) is 0.278. The second-order valence-corrected chi connectivity index (χ2v) is 9.24. The second-order valence-electron chi connectivity index (χ2n) is 9.24. The van der Waals surface area contributed by atoms with Crippen LogP contribution >= 0.6 is 0 Å². The fourth-order valence-electron chi connectivity index (χ4n) is 3.83. The average molecular weight is 468 g/mol. The number of halogens is 4. The number of rotatable bonds is 5. The molecule has 0 bridgehead atoms. The van der Waals surface area contributed by atoms with Gasteiger partial charge in [0, 0.05) is 12.5 Å². The maximum Gasteiger partial charge on any atom is 0.416 e. The van der Waals surface area contributed by atoms with Gasteiger partial charge in [-0.3, -0.25) is 0 Å². The number of ether oxygens (including phenoxy) is 2. The Morgan fingerprint density at radius 3 is 2.24 bits per heavy atom. The summed E-state index contributed by atoms with van der Waals surface area (Å²) in [5.41, 5.74) is -0.673. The molecule has 0 spiro atoms. The number of piperidine rings is 1. The van der Waals surface area contributed by atoms with E-state index in [1.54, 1.807) is 20.8 Å². The van der Waals surface area contributed by atoms with Crippen LogP contribution in [0.25, 0.3) is 0 Å². The van der Waals surface area contributed by atoms with Crippen molar-refractivity contribution in [3.63, 3.8) is 0 Å². The van der Waals surface area contributed by atoms with Gasteiger partial charge in [-0.15, -0.1) is 0 Å². The number of carbonyl (C=O) groups is 1. The zero-order valence-electron chi connectivity index (χ0n) is 18.9. The van der Waals surface area contributed by atoms with Gasteiger partial charge in [-0.25, -0.2) is 9.18 Å². The molecule has 3 atom stereocenters. The summed E-state index contributed by atoms with van der Waals surface area (Å²) in [5, 5.41) is 0. The fourth-order valence-corrected chi connectivity index (χ4v) is 3.83. The second kappa shape index (κ2) is 10.0. The fraction of sp³-hybridized carbons (Fsp3) is 0.480. The minimum atomic E-state index is -4.43. The maximum absolute atomic E-state index is 14.2. The number of benzene rings is 2. The van der Waals surface area contributed by atoms with Crippen molar-refractivity contribution in [1.29, 1.82) is 0 Å². The lowest BCUT2D eigenvalue weighted by Gasteiger charge is -2.39. The zero-order chi connectivity index (χ0) is 24.2. The first kappa shape index (κ1) is 24.9. The summed E-state index contributed by atoms with van der Waals surface area (Å²) in [7, 11) is 0. The number of alkyl halides is 4. The van der Waals surface area contributed by atoms with Gasteiger partial charge in [0.25, 0.3) is 0 Å². The van der Waals surface area contributed by atoms with Crippen molar-refractivity contribution in [2.24, 2.45) is 0 Å². The molecule has 180 valence electrons. The highest BCUT2D eigenvalue weighted by Gasteiger charge is 2.36. The van der Waals surface area contributed by atoms with Crippen LogP contribution in [0.2, 0.25) is 0 Å². The molecular formula is C25H29F4NO3. The Kier molecular flexibility index (Phi) is 7.55. The number of nitrogens with zero attached hydrogens (tertiary/aromatic N) is 1. The minimum absolute atomic E-state index is 0.0681. The lowest BCUT2D eigenvalue weighted by atomic mass is 9.93. The van der Waals surface area contributed by atoms with Crippen LogP contribution in [0.1, 0.15) is 57.3 Å². The highest BCUT2D eigenvalue weighted by atomic mass is 19.4. The van der Waals surface area contributed by atoms with Crippen LogP contribution in [0, 0.1) is 0 Å². The smallest absolute Gasteiger partial charge is 0.416 e. The average Bonchev–Trinajstić information content (AvgIpc) is 2.73. The molecule has 1 aliphatic rings. The zero-order valence-corrected chi connectivity index (χ0v) is 18.9. The van der Waals surface area contributed by atoms with Crippen molar-refractivity contribution in [1.82, 2.24) is 4.90 Å². The molecule has 1 fully saturated rings. The van der Waals surface area contributed by atoms with Gasteiger partial charge in [0.1, 0.15) is 23.6 Å². The maximum atomic E-state index is 14.2. The third-order valence-corrected chi connectivity index (χ3v) is 5.39. The first-order valence-electron chi connectivity index (χ1n) is 10.9. The first-order chi connectivity index (χ1) is 15.4. The van der Waals surface area contributed by atoms with Crippen LogP contribution in [0.4, 0.5) is 22.4 Å². The predicted molar refractivity (Wildman–Crippen MR) is 117 cm³/mol. The van der Waals surface area contributed by atoms with Crippen LogP contribution in [-0.2, 0) is 10.9 Å². The molecule has 0 N–H and O–H groups in total. The van der Waals surface area contributed by atoms with Gasteiger partial charge >= 0.3 is 12.3 Å². The third-order valence-electron chi connectivity index (χ3n) is 5.39. The van der Waals surface area contributed by atoms with E-state index in [1.165, 1.54) is 17.0 Å². The molecule has 33 heavy (non-hydrogen) atoms. The summed E-state index contributed by atoms with van der Waals surface area (Å²) >= 11 is 0. The minimum Gasteiger partial charge on any atom is -0.486 e. The van der Waals surface area contributed by atoms with Crippen LogP contribution in [-0.4, -0.2) is 35.4 Å². The van der Waals surface area contributed by atoms with Gasteiger partial charge < -0.3 is 14.4 Å². The lowest BCUT2D eigenvalue weighted by Crippen LogP contribution is -2.50. The Balaban J connectivity index is 1.82. The van der Waals surface area contributed by atoms with Crippen LogP contribution in [0.3, 0.4) is 0 Å². The van der Waals surface area contributed by atoms with E-state index in [2.05, 4.69) is 0 Å². The molecule has 2 aromatic rings. The van der Waals surface area contributed by atoms with Gasteiger partial charge in [-0.2, -0.15) is 13.2 Å². The standard InChI is InChI=1S/C25H29F4NO3/c1-24(2,3)33-23(31)30-16-19(26)11-12-20(30)15-22(17-7-5-4-6-8-17)32-21-13-9-18(10-14-21)25(27,28)29/h4-10,13-14,19-20,22H,11-12,15-16H2,1-3H3. The highest BCUT2D eigenvalue weighted by Crippen LogP contribution is 2.34. The number of carbonyl (C=O) groups excluding carboxylic acids is 1. The summed E-state index contributed by atoms with van der Waals surface area (Å²) < 4.78 is 64.4. The predicted octanol–water partition coefficient (Wildman–Crippen LogP) is 6.95. The number of amides is 1. The van der Waals surface area contributed by atoms with E-state index < -0.39 is 35.7 Å². The monoisotopic (exact) mass is 467 g/mol. The van der Waals surface area contributed by atoms with Gasteiger partial charge in [-0.1, -0.05) is 30.3 Å². The molecule has 1 amide bonds. The Morgan fingerprint density at radius 1 is 1.03 bits per heavy atom. The van der Waals surface area contributed by atoms with Crippen molar-refractivity contribution in [2.45, 2.75) is 70.1 Å². The van der Waals surface area contributed by atoms with E-state index in [0.29, 0.717) is 19.3 Å². The molecule has 3 unspecified atom stereocenters. The summed E-state index contributed by atoms with van der Waals surface area (Å²) in [6, 6.07) is 13.4. The highest BCUT2D eigenvalue weighted by molar-refractivity contribution is 5.68. The molecule has 0 aliphatic carbocycles. The molecule has 0 saturated carbocycles. The molecule has 0 aromatic heterocycles. The SMILES string of the molecule is CC(C)(C)OC(=O)N1CC(F)CCC1CC(Oc1ccc(C(F)(F)F)cc1)c1ccccc1. The molecule has 4 nitrogen and oxygen atoms in total. The van der Waals surface area contributed by atoms with Crippen molar-refractivity contribution in [3.05, 3.63) is 65.7 Å². The number of hydrogen-bond acceptors (Lipinski definition) is 3. The lowest BCUT2D eigenvalue weighted by molar-refractivity contribution is -0.137. The number of likely N-dealkylation sites (tertiary alicyclic amines) is 1. The van der Waals surface area contributed by atoms with Crippen molar-refractivity contribution in [3.8, 4) is 5.75 Å². The molecule has 0 radical (unpaired) electrons. The van der Waals surface area contributed by atoms with Crippen molar-refractivity contribution in [2.75, 3.05) is 6.54 Å². The molecule has 1 heterocycles. The summed E-state index contributed by atoms with van der Waals surface area (Å²) in [6.07, 6.45) is -5.62. The number of hydrogen-bond donors (Lipinski definition) is 0. The summed E-state index contributed by atoms with van der Waals surface area (Å²) in [4.78, 5) is 14.2. The van der Waals surface area contributed by atoms with Crippen molar-refractivity contribution < 1.29 is 31.8 Å². The third kappa shape index (κ3) is 7.11.